The number of carbonyl (C=O) groups excluding carboxylic acids is 1. The fourth-order valence-corrected chi connectivity index (χ4v) is 2.78. The standard InChI is InChI=1S/C18H27NO2/c1-14-7-9-15(10-8-14)12-16-6-5-11-19(13-16)17(20)21-18(2,3)4/h7-10,16H,5-6,11-13H2,1-4H3. The summed E-state index contributed by atoms with van der Waals surface area (Å²) in [5.41, 5.74) is 2.23. The van der Waals surface area contributed by atoms with Crippen molar-refractivity contribution in [1.29, 1.82) is 0 Å². The summed E-state index contributed by atoms with van der Waals surface area (Å²) >= 11 is 0. The summed E-state index contributed by atoms with van der Waals surface area (Å²) < 4.78 is 5.48. The molecule has 0 radical (unpaired) electrons. The van der Waals surface area contributed by atoms with Gasteiger partial charge in [0.1, 0.15) is 5.60 Å². The Morgan fingerprint density at radius 2 is 1.95 bits per heavy atom. The van der Waals surface area contributed by atoms with Crippen molar-refractivity contribution in [3.05, 3.63) is 35.4 Å². The molecule has 0 saturated carbocycles. The maximum absolute atomic E-state index is 12.2. The molecule has 3 heteroatoms. The fraction of sp³-hybridized carbons (Fsp3) is 0.611. The van der Waals surface area contributed by atoms with Crippen molar-refractivity contribution in [1.82, 2.24) is 4.90 Å². The topological polar surface area (TPSA) is 29.5 Å². The lowest BCUT2D eigenvalue weighted by atomic mass is 9.91. The highest BCUT2D eigenvalue weighted by atomic mass is 16.6. The monoisotopic (exact) mass is 289 g/mol. The number of hydrogen-bond acceptors (Lipinski definition) is 2. The molecule has 116 valence electrons. The molecular formula is C18H27NO2. The van der Waals surface area contributed by atoms with E-state index in [4.69, 9.17) is 4.74 Å². The van der Waals surface area contributed by atoms with Crippen LogP contribution in [-0.4, -0.2) is 29.7 Å². The lowest BCUT2D eigenvalue weighted by molar-refractivity contribution is 0.0166. The first kappa shape index (κ1) is 15.9. The van der Waals surface area contributed by atoms with Gasteiger partial charge in [-0.05, 0) is 58.4 Å². The van der Waals surface area contributed by atoms with Crippen LogP contribution in [0.15, 0.2) is 24.3 Å². The second kappa shape index (κ2) is 6.50. The van der Waals surface area contributed by atoms with Crippen molar-refractivity contribution in [3.63, 3.8) is 0 Å². The molecule has 1 aromatic rings. The van der Waals surface area contributed by atoms with Crippen LogP contribution < -0.4 is 0 Å². The number of carbonyl (C=O) groups is 1. The first-order valence-electron chi connectivity index (χ1n) is 7.87. The molecule has 2 rings (SSSR count). The second-order valence-electron chi connectivity index (χ2n) is 7.12. The average molecular weight is 289 g/mol. The zero-order valence-electron chi connectivity index (χ0n) is 13.7. The summed E-state index contributed by atoms with van der Waals surface area (Å²) in [6, 6.07) is 8.71. The molecule has 1 unspecified atom stereocenters. The molecule has 0 aromatic heterocycles. The SMILES string of the molecule is Cc1ccc(CC2CCCN(C(=O)OC(C)(C)C)C2)cc1. The number of benzene rings is 1. The maximum atomic E-state index is 12.2. The summed E-state index contributed by atoms with van der Waals surface area (Å²) in [4.78, 5) is 14.0. The smallest absolute Gasteiger partial charge is 0.410 e. The van der Waals surface area contributed by atoms with E-state index < -0.39 is 5.60 Å². The normalized spacial score (nSPS) is 19.4. The Kier molecular flexibility index (Phi) is 4.92. The predicted molar refractivity (Wildman–Crippen MR) is 85.4 cm³/mol. The number of piperidine rings is 1. The van der Waals surface area contributed by atoms with Gasteiger partial charge in [-0.2, -0.15) is 0 Å². The van der Waals surface area contributed by atoms with Crippen LogP contribution in [-0.2, 0) is 11.2 Å². The van der Waals surface area contributed by atoms with Crippen molar-refractivity contribution in [2.75, 3.05) is 13.1 Å². The van der Waals surface area contributed by atoms with Crippen LogP contribution in [0.5, 0.6) is 0 Å². The first-order chi connectivity index (χ1) is 9.83. The van der Waals surface area contributed by atoms with Crippen LogP contribution in [0.3, 0.4) is 0 Å². The Hall–Kier alpha value is -1.51. The zero-order valence-corrected chi connectivity index (χ0v) is 13.7. The number of likely N-dealkylation sites (tertiary alicyclic amines) is 1. The van der Waals surface area contributed by atoms with E-state index in [0.717, 1.165) is 25.9 Å². The van der Waals surface area contributed by atoms with Gasteiger partial charge < -0.3 is 9.64 Å². The second-order valence-corrected chi connectivity index (χ2v) is 7.12. The number of rotatable bonds is 2. The molecule has 0 bridgehead atoms. The van der Waals surface area contributed by atoms with Gasteiger partial charge in [0.2, 0.25) is 0 Å². The quantitative estimate of drug-likeness (QED) is 0.817. The molecule has 1 atom stereocenters. The van der Waals surface area contributed by atoms with Gasteiger partial charge >= 0.3 is 6.09 Å². The van der Waals surface area contributed by atoms with Gasteiger partial charge in [-0.1, -0.05) is 29.8 Å². The number of nitrogens with zero attached hydrogens (tertiary/aromatic N) is 1. The van der Waals surface area contributed by atoms with Crippen molar-refractivity contribution in [3.8, 4) is 0 Å². The van der Waals surface area contributed by atoms with E-state index in [1.165, 1.54) is 17.5 Å². The largest absolute Gasteiger partial charge is 0.444 e. The van der Waals surface area contributed by atoms with Crippen LogP contribution in [0.4, 0.5) is 4.79 Å². The minimum absolute atomic E-state index is 0.170. The van der Waals surface area contributed by atoms with Gasteiger partial charge in [0.25, 0.3) is 0 Å². The molecule has 1 aliphatic heterocycles. The maximum Gasteiger partial charge on any atom is 0.410 e. The van der Waals surface area contributed by atoms with Crippen molar-refractivity contribution < 1.29 is 9.53 Å². The predicted octanol–water partition coefficient (Wildman–Crippen LogP) is 4.18. The first-order valence-corrected chi connectivity index (χ1v) is 7.87. The van der Waals surface area contributed by atoms with Gasteiger partial charge in [-0.15, -0.1) is 0 Å². The third-order valence-corrected chi connectivity index (χ3v) is 3.82. The van der Waals surface area contributed by atoms with Gasteiger partial charge in [0.15, 0.2) is 0 Å². The Morgan fingerprint density at radius 3 is 2.57 bits per heavy atom. The number of aryl methyl sites for hydroxylation is 1. The van der Waals surface area contributed by atoms with Crippen LogP contribution in [0.25, 0.3) is 0 Å². The van der Waals surface area contributed by atoms with E-state index in [0.29, 0.717) is 5.92 Å². The number of amides is 1. The van der Waals surface area contributed by atoms with Crippen LogP contribution in [0, 0.1) is 12.8 Å². The van der Waals surface area contributed by atoms with Crippen LogP contribution >= 0.6 is 0 Å². The van der Waals surface area contributed by atoms with Gasteiger partial charge in [0.05, 0.1) is 0 Å². The van der Waals surface area contributed by atoms with Crippen molar-refractivity contribution in [2.45, 2.75) is 52.6 Å². The van der Waals surface area contributed by atoms with E-state index in [1.807, 2.05) is 25.7 Å². The lowest BCUT2D eigenvalue weighted by Crippen LogP contribution is -2.43. The molecule has 0 aliphatic carbocycles. The molecule has 1 amide bonds. The summed E-state index contributed by atoms with van der Waals surface area (Å²) in [6.07, 6.45) is 3.12. The molecule has 1 aromatic carbocycles. The van der Waals surface area contributed by atoms with Crippen molar-refractivity contribution >= 4 is 6.09 Å². The lowest BCUT2D eigenvalue weighted by Gasteiger charge is -2.34. The molecular weight excluding hydrogens is 262 g/mol. The van der Waals surface area contributed by atoms with E-state index >= 15 is 0 Å². The van der Waals surface area contributed by atoms with Crippen LogP contribution in [0.1, 0.15) is 44.7 Å². The van der Waals surface area contributed by atoms with E-state index in [1.54, 1.807) is 0 Å². The third-order valence-electron chi connectivity index (χ3n) is 3.82. The Labute approximate surface area is 128 Å². The average Bonchev–Trinajstić information content (AvgIpc) is 2.40. The highest BCUT2D eigenvalue weighted by Crippen LogP contribution is 2.22. The zero-order chi connectivity index (χ0) is 15.5. The molecule has 21 heavy (non-hydrogen) atoms. The molecule has 0 spiro atoms. The van der Waals surface area contributed by atoms with Crippen molar-refractivity contribution in [2.24, 2.45) is 5.92 Å². The van der Waals surface area contributed by atoms with Gasteiger partial charge in [-0.25, -0.2) is 4.79 Å². The van der Waals surface area contributed by atoms with Gasteiger partial charge in [0, 0.05) is 13.1 Å². The molecule has 3 nitrogen and oxygen atoms in total. The fourth-order valence-electron chi connectivity index (χ4n) is 2.78. The van der Waals surface area contributed by atoms with E-state index in [9.17, 15) is 4.79 Å². The Morgan fingerprint density at radius 1 is 1.29 bits per heavy atom. The summed E-state index contributed by atoms with van der Waals surface area (Å²) in [5, 5.41) is 0. The third kappa shape index (κ3) is 5.07. The highest BCUT2D eigenvalue weighted by Gasteiger charge is 2.27. The molecule has 1 fully saturated rings. The molecule has 1 heterocycles. The van der Waals surface area contributed by atoms with Crippen LogP contribution in [0.2, 0.25) is 0 Å². The van der Waals surface area contributed by atoms with E-state index in [-0.39, 0.29) is 6.09 Å². The molecule has 1 aliphatic rings. The summed E-state index contributed by atoms with van der Waals surface area (Å²) in [7, 11) is 0. The minimum Gasteiger partial charge on any atom is -0.444 e. The van der Waals surface area contributed by atoms with E-state index in [2.05, 4.69) is 31.2 Å². The molecule has 0 N–H and O–H groups in total. The Balaban J connectivity index is 1.91. The number of ether oxygens (including phenoxy) is 1. The Bertz CT molecular complexity index is 473. The molecule has 1 saturated heterocycles. The highest BCUT2D eigenvalue weighted by molar-refractivity contribution is 5.68. The number of hydrogen-bond donors (Lipinski definition) is 0. The summed E-state index contributed by atoms with van der Waals surface area (Å²) in [6.45, 7) is 9.48. The summed E-state index contributed by atoms with van der Waals surface area (Å²) in [5.74, 6) is 0.536. The minimum atomic E-state index is -0.416. The van der Waals surface area contributed by atoms with Gasteiger partial charge in [-0.3, -0.25) is 0 Å².